The van der Waals surface area contributed by atoms with Gasteiger partial charge in [-0.1, -0.05) is 25.1 Å². The molecule has 9 heteroatoms. The monoisotopic (exact) mass is 450 g/mol. The van der Waals surface area contributed by atoms with Crippen LogP contribution in [0.5, 0.6) is 0 Å². The quantitative estimate of drug-likeness (QED) is 0.529. The second-order valence-corrected chi connectivity index (χ2v) is 8.83. The molecule has 0 radical (unpaired) electrons. The zero-order valence-corrected chi connectivity index (χ0v) is 18.8. The maximum absolute atomic E-state index is 13.6. The van der Waals surface area contributed by atoms with E-state index in [4.69, 9.17) is 10.7 Å². The van der Waals surface area contributed by atoms with Crippen LogP contribution in [0, 0.1) is 11.3 Å². The number of likely N-dealkylation sites (N-methyl/N-ethyl adjacent to an activating group) is 1. The third-order valence-corrected chi connectivity index (χ3v) is 6.66. The Hall–Kier alpha value is -3.06. The number of Topliss-reactive ketones (excluding diaryl/α,β-unsaturated/α-hetero) is 1. The highest BCUT2D eigenvalue weighted by Gasteiger charge is 2.25. The van der Waals surface area contributed by atoms with Crippen LogP contribution >= 0.6 is 11.3 Å². The highest BCUT2D eigenvalue weighted by molar-refractivity contribution is 7.17. The molecule has 1 saturated heterocycles. The van der Waals surface area contributed by atoms with Crippen LogP contribution < -0.4 is 21.5 Å². The Kier molecular flexibility index (Phi) is 6.65. The summed E-state index contributed by atoms with van der Waals surface area (Å²) in [7, 11) is 0. The molecular formula is C23H26N6O2S. The Labute approximate surface area is 190 Å². The number of nitriles is 1. The molecule has 32 heavy (non-hydrogen) atoms. The van der Waals surface area contributed by atoms with Gasteiger partial charge in [0.25, 0.3) is 5.56 Å². The summed E-state index contributed by atoms with van der Waals surface area (Å²) in [4.78, 5) is 33.2. The number of ketones is 1. The Morgan fingerprint density at radius 1 is 1.41 bits per heavy atom. The molecule has 0 unspecified atom stereocenters. The Bertz CT molecular complexity index is 1240. The predicted octanol–water partition coefficient (Wildman–Crippen LogP) is 2.10. The van der Waals surface area contributed by atoms with Gasteiger partial charge in [-0.15, -0.1) is 11.3 Å². The van der Waals surface area contributed by atoms with Gasteiger partial charge in [0.2, 0.25) is 5.95 Å². The molecule has 4 rings (SSSR count). The van der Waals surface area contributed by atoms with E-state index in [-0.39, 0.29) is 30.5 Å². The number of nitrogens with one attached hydrogen (secondary N) is 1. The number of carbonyl (C=O) groups is 1. The van der Waals surface area contributed by atoms with Crippen LogP contribution in [-0.4, -0.2) is 47.6 Å². The Morgan fingerprint density at radius 3 is 2.97 bits per heavy atom. The van der Waals surface area contributed by atoms with Gasteiger partial charge in [0.15, 0.2) is 5.78 Å². The van der Waals surface area contributed by atoms with Crippen molar-refractivity contribution in [1.29, 1.82) is 5.26 Å². The molecule has 1 aliphatic rings. The smallest absolute Gasteiger partial charge is 0.273 e. The first-order chi connectivity index (χ1) is 15.5. The first kappa shape index (κ1) is 22.1. The number of fused-ring (bicyclic) bond motifs is 1. The molecule has 1 aromatic carbocycles. The van der Waals surface area contributed by atoms with Gasteiger partial charge in [-0.05, 0) is 31.0 Å². The average Bonchev–Trinajstić information content (AvgIpc) is 3.24. The summed E-state index contributed by atoms with van der Waals surface area (Å²) in [6.45, 7) is 4.37. The predicted molar refractivity (Wildman–Crippen MR) is 126 cm³/mol. The topological polar surface area (TPSA) is 117 Å². The second kappa shape index (κ2) is 9.61. The van der Waals surface area contributed by atoms with E-state index in [0.717, 1.165) is 24.9 Å². The number of piperidine rings is 1. The van der Waals surface area contributed by atoms with Gasteiger partial charge in [0.1, 0.15) is 10.2 Å². The van der Waals surface area contributed by atoms with E-state index < -0.39 is 0 Å². The lowest BCUT2D eigenvalue weighted by molar-refractivity contribution is 0.0993. The summed E-state index contributed by atoms with van der Waals surface area (Å²) < 4.78 is 2.07. The van der Waals surface area contributed by atoms with Gasteiger partial charge in [-0.25, -0.2) is 4.98 Å². The van der Waals surface area contributed by atoms with Gasteiger partial charge in [-0.2, -0.15) is 5.26 Å². The third kappa shape index (κ3) is 4.30. The molecule has 2 aromatic heterocycles. The molecule has 3 N–H and O–H groups in total. The molecule has 1 atom stereocenters. The van der Waals surface area contributed by atoms with Crippen molar-refractivity contribution in [3.63, 3.8) is 0 Å². The zero-order chi connectivity index (χ0) is 22.7. The van der Waals surface area contributed by atoms with Crippen LogP contribution in [0.25, 0.3) is 10.2 Å². The van der Waals surface area contributed by atoms with Crippen LogP contribution in [-0.2, 0) is 6.54 Å². The third-order valence-electron chi connectivity index (χ3n) is 5.70. The molecule has 8 nitrogen and oxygen atoms in total. The molecule has 3 aromatic rings. The fraction of sp³-hybridized carbons (Fsp3) is 0.391. The molecular weight excluding hydrogens is 424 g/mol. The maximum Gasteiger partial charge on any atom is 0.273 e. The first-order valence-corrected chi connectivity index (χ1v) is 11.7. The van der Waals surface area contributed by atoms with E-state index in [9.17, 15) is 14.9 Å². The fourth-order valence-corrected chi connectivity index (χ4v) is 4.99. The number of carbonyl (C=O) groups excluding carboxylic acids is 1. The van der Waals surface area contributed by atoms with E-state index in [1.165, 1.54) is 11.3 Å². The van der Waals surface area contributed by atoms with Gasteiger partial charge >= 0.3 is 0 Å². The SMILES string of the molecule is CCNCC(=O)c1csc2c(=O)n(Cc3ccccc3C#N)c(N3CCC[C@@H](N)C3)nc12. The van der Waals surface area contributed by atoms with Gasteiger partial charge in [0.05, 0.1) is 30.3 Å². The van der Waals surface area contributed by atoms with Gasteiger partial charge in [-0.3, -0.25) is 14.2 Å². The Balaban J connectivity index is 1.87. The lowest BCUT2D eigenvalue weighted by atomic mass is 10.1. The number of hydrogen-bond donors (Lipinski definition) is 2. The largest absolute Gasteiger partial charge is 0.341 e. The van der Waals surface area contributed by atoms with Crippen molar-refractivity contribution in [2.24, 2.45) is 5.73 Å². The standard InChI is InChI=1S/C23H26N6O2S/c1-2-26-11-19(30)18-14-32-21-20(18)27-23(28-9-5-8-17(25)13-28)29(22(21)31)12-16-7-4-3-6-15(16)10-24/h3-4,6-7,14,17,26H,2,5,8-9,11-13,25H2,1H3/t17-/m1/s1. The van der Waals surface area contributed by atoms with E-state index in [2.05, 4.69) is 11.4 Å². The van der Waals surface area contributed by atoms with E-state index in [1.807, 2.05) is 24.0 Å². The molecule has 1 aliphatic heterocycles. The average molecular weight is 451 g/mol. The molecule has 0 aliphatic carbocycles. The minimum absolute atomic E-state index is 0.00600. The second-order valence-electron chi connectivity index (χ2n) is 7.95. The lowest BCUT2D eigenvalue weighted by Gasteiger charge is -2.33. The summed E-state index contributed by atoms with van der Waals surface area (Å²) >= 11 is 1.24. The van der Waals surface area contributed by atoms with Crippen LogP contribution in [0.3, 0.4) is 0 Å². The number of aromatic nitrogens is 2. The summed E-state index contributed by atoms with van der Waals surface area (Å²) in [5.41, 5.74) is 8.20. The number of nitrogens with two attached hydrogens (primary N) is 1. The number of hydrogen-bond acceptors (Lipinski definition) is 8. The minimum atomic E-state index is -0.204. The van der Waals surface area contributed by atoms with Crippen LogP contribution in [0.4, 0.5) is 5.95 Å². The molecule has 166 valence electrons. The van der Waals surface area contributed by atoms with E-state index in [0.29, 0.717) is 40.4 Å². The van der Waals surface area contributed by atoms with Crippen LogP contribution in [0.15, 0.2) is 34.4 Å². The van der Waals surface area contributed by atoms with E-state index >= 15 is 0 Å². The maximum atomic E-state index is 13.6. The molecule has 0 spiro atoms. The molecule has 1 fully saturated rings. The molecule has 0 saturated carbocycles. The zero-order valence-electron chi connectivity index (χ0n) is 18.0. The van der Waals surface area contributed by atoms with Crippen molar-refractivity contribution >= 4 is 33.3 Å². The molecule has 0 amide bonds. The van der Waals surface area contributed by atoms with Crippen molar-refractivity contribution in [2.45, 2.75) is 32.4 Å². The number of nitrogens with zero attached hydrogens (tertiary/aromatic N) is 4. The van der Waals surface area contributed by atoms with Crippen molar-refractivity contribution in [3.8, 4) is 6.07 Å². The first-order valence-electron chi connectivity index (χ1n) is 10.8. The number of benzene rings is 1. The number of anilines is 1. The normalized spacial score (nSPS) is 16.3. The number of thiophene rings is 1. The fourth-order valence-electron chi connectivity index (χ4n) is 4.03. The van der Waals surface area contributed by atoms with E-state index in [1.54, 1.807) is 22.1 Å². The molecule has 3 heterocycles. The highest BCUT2D eigenvalue weighted by atomic mass is 32.1. The van der Waals surface area contributed by atoms with Gasteiger partial charge in [0, 0.05) is 24.5 Å². The van der Waals surface area contributed by atoms with Crippen LogP contribution in [0.1, 0.15) is 41.3 Å². The van der Waals surface area contributed by atoms with Crippen LogP contribution in [0.2, 0.25) is 0 Å². The van der Waals surface area contributed by atoms with Crippen molar-refractivity contribution in [3.05, 3.63) is 56.7 Å². The van der Waals surface area contributed by atoms with Crippen molar-refractivity contribution in [1.82, 2.24) is 14.9 Å². The van der Waals surface area contributed by atoms with Crippen molar-refractivity contribution < 1.29 is 4.79 Å². The molecule has 0 bridgehead atoms. The summed E-state index contributed by atoms with van der Waals surface area (Å²) in [6.07, 6.45) is 1.82. The lowest BCUT2D eigenvalue weighted by Crippen LogP contribution is -2.45. The Morgan fingerprint density at radius 2 is 2.22 bits per heavy atom. The van der Waals surface area contributed by atoms with Crippen molar-refractivity contribution in [2.75, 3.05) is 31.1 Å². The summed E-state index contributed by atoms with van der Waals surface area (Å²) in [5.74, 6) is 0.417. The van der Waals surface area contributed by atoms with Gasteiger partial charge < -0.3 is 16.0 Å². The minimum Gasteiger partial charge on any atom is -0.341 e. The highest BCUT2D eigenvalue weighted by Crippen LogP contribution is 2.27. The number of rotatable bonds is 7. The summed E-state index contributed by atoms with van der Waals surface area (Å²) in [6, 6.07) is 9.44. The summed E-state index contributed by atoms with van der Waals surface area (Å²) in [5, 5.41) is 14.3.